The summed E-state index contributed by atoms with van der Waals surface area (Å²) in [5, 5.41) is 4.39. The molecule has 0 fully saturated rings. The maximum absolute atomic E-state index is 13.3. The molecule has 0 radical (unpaired) electrons. The van der Waals surface area contributed by atoms with Crippen molar-refractivity contribution in [2.24, 2.45) is 4.99 Å². The smallest absolute Gasteiger partial charge is 0.193 e. The van der Waals surface area contributed by atoms with Crippen LogP contribution in [-0.4, -0.2) is 36.0 Å². The van der Waals surface area contributed by atoms with Crippen molar-refractivity contribution in [1.29, 1.82) is 0 Å². The number of aromatic nitrogens is 1. The lowest BCUT2D eigenvalue weighted by Crippen LogP contribution is -2.38. The molecule has 0 spiro atoms. The molecule has 1 aromatic carbocycles. The Labute approximate surface area is 170 Å². The van der Waals surface area contributed by atoms with Gasteiger partial charge in [0.1, 0.15) is 5.82 Å². The molecule has 0 atom stereocenters. The zero-order valence-electron chi connectivity index (χ0n) is 15.2. The van der Waals surface area contributed by atoms with E-state index in [1.807, 2.05) is 38.8 Å². The van der Waals surface area contributed by atoms with Crippen LogP contribution in [0.25, 0.3) is 0 Å². The summed E-state index contributed by atoms with van der Waals surface area (Å²) < 4.78 is 13.3. The fourth-order valence-corrected chi connectivity index (χ4v) is 3.45. The van der Waals surface area contributed by atoms with Crippen molar-refractivity contribution in [3.8, 4) is 0 Å². The van der Waals surface area contributed by atoms with Crippen LogP contribution in [0, 0.1) is 19.7 Å². The van der Waals surface area contributed by atoms with Gasteiger partial charge in [0.25, 0.3) is 0 Å². The minimum absolute atomic E-state index is 0. The lowest BCUT2D eigenvalue weighted by molar-refractivity contribution is 0.475. The van der Waals surface area contributed by atoms with Crippen molar-refractivity contribution in [1.82, 2.24) is 15.2 Å². The Morgan fingerprint density at radius 2 is 2.12 bits per heavy atom. The van der Waals surface area contributed by atoms with E-state index in [1.165, 1.54) is 10.9 Å². The molecule has 1 N–H and O–H groups in total. The van der Waals surface area contributed by atoms with Gasteiger partial charge < -0.3 is 10.2 Å². The van der Waals surface area contributed by atoms with Crippen LogP contribution >= 0.6 is 35.3 Å². The fraction of sp³-hybridized carbons (Fsp3) is 0.444. The minimum atomic E-state index is -0.209. The van der Waals surface area contributed by atoms with Crippen molar-refractivity contribution >= 4 is 41.3 Å². The summed E-state index contributed by atoms with van der Waals surface area (Å²) in [4.78, 5) is 12.5. The van der Waals surface area contributed by atoms with E-state index in [0.717, 1.165) is 35.2 Å². The summed E-state index contributed by atoms with van der Waals surface area (Å²) in [6.07, 6.45) is 0.889. The molecule has 2 aromatic rings. The highest BCUT2D eigenvalue weighted by Gasteiger charge is 2.08. The van der Waals surface area contributed by atoms with Crippen LogP contribution in [0.3, 0.4) is 0 Å². The summed E-state index contributed by atoms with van der Waals surface area (Å²) in [6.45, 7) is 8.24. The third kappa shape index (κ3) is 6.89. The van der Waals surface area contributed by atoms with Crippen LogP contribution in [0.15, 0.2) is 29.3 Å². The normalized spacial score (nSPS) is 11.2. The second-order valence-electron chi connectivity index (χ2n) is 5.71. The van der Waals surface area contributed by atoms with Crippen LogP contribution in [0.5, 0.6) is 0 Å². The van der Waals surface area contributed by atoms with Gasteiger partial charge in [0.15, 0.2) is 5.96 Å². The number of halogens is 2. The van der Waals surface area contributed by atoms with Gasteiger partial charge in [-0.15, -0.1) is 35.3 Å². The number of hydrogen-bond donors (Lipinski definition) is 1. The Hall–Kier alpha value is -1.22. The third-order valence-corrected chi connectivity index (χ3v) is 4.74. The molecule has 1 aromatic heterocycles. The Morgan fingerprint density at radius 3 is 2.72 bits per heavy atom. The number of hydrogen-bond acceptors (Lipinski definition) is 3. The number of aliphatic imine (C=N–C) groups is 1. The topological polar surface area (TPSA) is 40.5 Å². The Morgan fingerprint density at radius 1 is 1.36 bits per heavy atom. The standard InChI is InChI=1S/C18H25FN4S.HI/c1-5-20-18(21-10-9-17-13(2)22-14(3)24-17)23(4)12-15-7-6-8-16(19)11-15;/h6-8,11H,5,9-10,12H2,1-4H3,(H,20,21);1H. The maximum Gasteiger partial charge on any atom is 0.193 e. The van der Waals surface area contributed by atoms with E-state index in [9.17, 15) is 4.39 Å². The summed E-state index contributed by atoms with van der Waals surface area (Å²) >= 11 is 1.74. The number of guanidine groups is 1. The van der Waals surface area contributed by atoms with Gasteiger partial charge in [-0.3, -0.25) is 4.99 Å². The zero-order chi connectivity index (χ0) is 17.5. The van der Waals surface area contributed by atoms with E-state index in [2.05, 4.69) is 10.3 Å². The molecule has 2 rings (SSSR count). The molecule has 0 saturated heterocycles. The van der Waals surface area contributed by atoms with Crippen molar-refractivity contribution in [3.63, 3.8) is 0 Å². The first-order valence-corrected chi connectivity index (χ1v) is 8.98. The minimum Gasteiger partial charge on any atom is -0.357 e. The van der Waals surface area contributed by atoms with Gasteiger partial charge in [0.2, 0.25) is 0 Å². The molecule has 0 aliphatic carbocycles. The molecule has 0 bridgehead atoms. The molecule has 0 amide bonds. The molecule has 0 aliphatic rings. The predicted octanol–water partition coefficient (Wildman–Crippen LogP) is 4.16. The maximum atomic E-state index is 13.3. The number of nitrogens with zero attached hydrogens (tertiary/aromatic N) is 3. The molecular weight excluding hydrogens is 450 g/mol. The molecule has 4 nitrogen and oxygen atoms in total. The van der Waals surface area contributed by atoms with E-state index in [4.69, 9.17) is 4.99 Å². The SMILES string of the molecule is CCNC(=NCCc1sc(C)nc1C)N(C)Cc1cccc(F)c1.I. The number of rotatable bonds is 6. The van der Waals surface area contributed by atoms with Crippen molar-refractivity contribution in [2.45, 2.75) is 33.7 Å². The highest BCUT2D eigenvalue weighted by Crippen LogP contribution is 2.17. The Balaban J connectivity index is 0.00000312. The zero-order valence-corrected chi connectivity index (χ0v) is 18.3. The van der Waals surface area contributed by atoms with E-state index in [0.29, 0.717) is 13.1 Å². The molecule has 7 heteroatoms. The predicted molar refractivity (Wildman–Crippen MR) is 115 cm³/mol. The summed E-state index contributed by atoms with van der Waals surface area (Å²) in [6, 6.07) is 6.68. The summed E-state index contributed by atoms with van der Waals surface area (Å²) in [5.41, 5.74) is 2.03. The largest absolute Gasteiger partial charge is 0.357 e. The van der Waals surface area contributed by atoms with Crippen LogP contribution in [0.1, 0.15) is 28.1 Å². The monoisotopic (exact) mass is 476 g/mol. The van der Waals surface area contributed by atoms with Crippen LogP contribution in [0.2, 0.25) is 0 Å². The average Bonchev–Trinajstić information content (AvgIpc) is 2.84. The van der Waals surface area contributed by atoms with Crippen LogP contribution < -0.4 is 5.32 Å². The number of benzene rings is 1. The third-order valence-electron chi connectivity index (χ3n) is 3.61. The first-order valence-electron chi connectivity index (χ1n) is 8.16. The Kier molecular flexibility index (Phi) is 9.34. The molecule has 25 heavy (non-hydrogen) atoms. The number of nitrogens with one attached hydrogen (secondary N) is 1. The van der Waals surface area contributed by atoms with Gasteiger partial charge in [0, 0.05) is 38.0 Å². The average molecular weight is 476 g/mol. The number of thiazole rings is 1. The van der Waals surface area contributed by atoms with Gasteiger partial charge in [-0.1, -0.05) is 12.1 Å². The van der Waals surface area contributed by atoms with Gasteiger partial charge >= 0.3 is 0 Å². The first kappa shape index (κ1) is 21.8. The van der Waals surface area contributed by atoms with Crippen molar-refractivity contribution in [2.75, 3.05) is 20.1 Å². The van der Waals surface area contributed by atoms with Crippen molar-refractivity contribution < 1.29 is 4.39 Å². The van der Waals surface area contributed by atoms with Crippen molar-refractivity contribution in [3.05, 3.63) is 51.2 Å². The fourth-order valence-electron chi connectivity index (χ4n) is 2.52. The summed E-state index contributed by atoms with van der Waals surface area (Å²) in [7, 11) is 1.97. The van der Waals surface area contributed by atoms with E-state index in [-0.39, 0.29) is 29.8 Å². The van der Waals surface area contributed by atoms with Gasteiger partial charge in [0.05, 0.1) is 10.7 Å². The lowest BCUT2D eigenvalue weighted by Gasteiger charge is -2.22. The summed E-state index contributed by atoms with van der Waals surface area (Å²) in [5.74, 6) is 0.625. The molecule has 1 heterocycles. The van der Waals surface area contributed by atoms with E-state index in [1.54, 1.807) is 23.5 Å². The molecular formula is C18H26FIN4S. The Bertz CT molecular complexity index is 702. The highest BCUT2D eigenvalue weighted by atomic mass is 127. The highest BCUT2D eigenvalue weighted by molar-refractivity contribution is 14.0. The van der Waals surface area contributed by atoms with Gasteiger partial charge in [-0.05, 0) is 38.5 Å². The van der Waals surface area contributed by atoms with Crippen LogP contribution in [-0.2, 0) is 13.0 Å². The number of aryl methyl sites for hydroxylation is 2. The van der Waals surface area contributed by atoms with E-state index < -0.39 is 0 Å². The molecule has 0 saturated carbocycles. The second kappa shape index (κ2) is 10.7. The second-order valence-corrected chi connectivity index (χ2v) is 7.00. The van der Waals surface area contributed by atoms with E-state index >= 15 is 0 Å². The molecule has 0 aliphatic heterocycles. The van der Waals surface area contributed by atoms with Gasteiger partial charge in [-0.2, -0.15) is 0 Å². The van der Waals surface area contributed by atoms with Crippen LogP contribution in [0.4, 0.5) is 4.39 Å². The molecule has 138 valence electrons. The van der Waals surface area contributed by atoms with Gasteiger partial charge in [-0.25, -0.2) is 9.37 Å². The lowest BCUT2D eigenvalue weighted by atomic mass is 10.2. The first-order chi connectivity index (χ1) is 11.5. The molecule has 0 unspecified atom stereocenters. The quantitative estimate of drug-likeness (QED) is 0.387.